The highest BCUT2D eigenvalue weighted by Crippen LogP contribution is 2.18. The van der Waals surface area contributed by atoms with Crippen LogP contribution in [0.15, 0.2) is 29.2 Å². The SMILES string of the molecule is CCCCCCCCCCCCCCCC(=O)OCC(COC(=O)CCC(=O)OCCOS(=O)(=O)c1ccc([N+](=O)[O-])cc1)OC(=O)CCCCCCCCCCCCCCC. The molecule has 0 saturated heterocycles. The van der Waals surface area contributed by atoms with Crippen LogP contribution in [0, 0.1) is 10.1 Å². The molecule has 1 unspecified atom stereocenters. The number of nitro benzene ring substituents is 1. The van der Waals surface area contributed by atoms with Crippen molar-refractivity contribution in [2.45, 2.75) is 217 Å². The fourth-order valence-corrected chi connectivity index (χ4v) is 7.72. The fourth-order valence-electron chi connectivity index (χ4n) is 6.83. The summed E-state index contributed by atoms with van der Waals surface area (Å²) < 4.78 is 50.6. The van der Waals surface area contributed by atoms with Crippen LogP contribution in [-0.2, 0) is 52.4 Å². The van der Waals surface area contributed by atoms with Crippen molar-refractivity contribution in [1.29, 1.82) is 0 Å². The van der Waals surface area contributed by atoms with Gasteiger partial charge in [0.2, 0.25) is 0 Å². The maximum absolute atomic E-state index is 12.7. The van der Waals surface area contributed by atoms with Crippen molar-refractivity contribution in [2.24, 2.45) is 0 Å². The van der Waals surface area contributed by atoms with Gasteiger partial charge in [-0.25, -0.2) is 0 Å². The van der Waals surface area contributed by atoms with Gasteiger partial charge in [-0.3, -0.25) is 33.5 Å². The van der Waals surface area contributed by atoms with E-state index in [0.717, 1.165) is 62.8 Å². The third-order valence-electron chi connectivity index (χ3n) is 10.6. The van der Waals surface area contributed by atoms with Crippen molar-refractivity contribution in [3.05, 3.63) is 34.4 Å². The minimum Gasteiger partial charge on any atom is -0.463 e. The molecule has 356 valence electrons. The summed E-state index contributed by atoms with van der Waals surface area (Å²) in [6.07, 6.45) is 29.5. The fraction of sp³-hybridized carbons (Fsp3) is 0.787. The molecule has 0 spiro atoms. The molecule has 1 rings (SSSR count). The van der Waals surface area contributed by atoms with Crippen molar-refractivity contribution >= 4 is 39.7 Å². The molecule has 1 aromatic carbocycles. The van der Waals surface area contributed by atoms with Gasteiger partial charge in [-0.05, 0) is 25.0 Å². The molecule has 0 aliphatic heterocycles. The lowest BCUT2D eigenvalue weighted by atomic mass is 10.0. The second-order valence-corrected chi connectivity index (χ2v) is 17.8. The van der Waals surface area contributed by atoms with Crippen LogP contribution in [0.2, 0.25) is 0 Å². The lowest BCUT2D eigenvalue weighted by Crippen LogP contribution is -2.31. The Morgan fingerprint density at radius 1 is 0.500 bits per heavy atom. The largest absolute Gasteiger partial charge is 0.463 e. The predicted molar refractivity (Wildman–Crippen MR) is 239 cm³/mol. The van der Waals surface area contributed by atoms with Crippen LogP contribution in [0.3, 0.4) is 0 Å². The molecule has 14 nitrogen and oxygen atoms in total. The number of rotatable bonds is 42. The van der Waals surface area contributed by atoms with Gasteiger partial charge in [0.25, 0.3) is 15.8 Å². The van der Waals surface area contributed by atoms with E-state index >= 15 is 0 Å². The number of benzene rings is 1. The Bertz CT molecular complexity index is 1450. The van der Waals surface area contributed by atoms with Crippen LogP contribution in [0.25, 0.3) is 0 Å². The molecular weight excluding hydrogens is 819 g/mol. The molecular formula is C47H79NO13S. The average Bonchev–Trinajstić information content (AvgIpc) is 3.25. The van der Waals surface area contributed by atoms with Crippen molar-refractivity contribution in [3.8, 4) is 0 Å². The first-order chi connectivity index (χ1) is 30.0. The van der Waals surface area contributed by atoms with Crippen molar-refractivity contribution in [2.75, 3.05) is 26.4 Å². The van der Waals surface area contributed by atoms with Crippen molar-refractivity contribution in [3.63, 3.8) is 0 Å². The van der Waals surface area contributed by atoms with Gasteiger partial charge in [0.05, 0.1) is 22.7 Å². The highest BCUT2D eigenvalue weighted by molar-refractivity contribution is 7.86. The smallest absolute Gasteiger partial charge is 0.306 e. The highest BCUT2D eigenvalue weighted by Gasteiger charge is 2.21. The molecule has 1 aromatic rings. The topological polar surface area (TPSA) is 192 Å². The number of carbonyl (C=O) groups excluding carboxylic acids is 4. The molecule has 0 heterocycles. The summed E-state index contributed by atoms with van der Waals surface area (Å²) in [7, 11) is -4.25. The summed E-state index contributed by atoms with van der Waals surface area (Å²) in [4.78, 5) is 59.8. The molecule has 0 amide bonds. The molecule has 0 aliphatic rings. The van der Waals surface area contributed by atoms with Gasteiger partial charge >= 0.3 is 23.9 Å². The number of nitrogens with zero attached hydrogens (tertiary/aromatic N) is 1. The maximum Gasteiger partial charge on any atom is 0.306 e. The van der Waals surface area contributed by atoms with Gasteiger partial charge in [-0.2, -0.15) is 8.42 Å². The first-order valence-electron chi connectivity index (χ1n) is 23.8. The summed E-state index contributed by atoms with van der Waals surface area (Å²) in [5, 5.41) is 10.8. The minimum atomic E-state index is -4.25. The van der Waals surface area contributed by atoms with E-state index in [1.54, 1.807) is 0 Å². The van der Waals surface area contributed by atoms with E-state index in [2.05, 4.69) is 13.8 Å². The summed E-state index contributed by atoms with van der Waals surface area (Å²) in [5.74, 6) is -2.46. The van der Waals surface area contributed by atoms with Gasteiger partial charge in [0.1, 0.15) is 26.4 Å². The summed E-state index contributed by atoms with van der Waals surface area (Å²) in [6.45, 7) is 2.89. The molecule has 62 heavy (non-hydrogen) atoms. The summed E-state index contributed by atoms with van der Waals surface area (Å²) in [5.41, 5.74) is -0.285. The van der Waals surface area contributed by atoms with E-state index in [1.807, 2.05) is 0 Å². The van der Waals surface area contributed by atoms with Crippen LogP contribution in [0.1, 0.15) is 206 Å². The number of unbranched alkanes of at least 4 members (excludes halogenated alkanes) is 24. The van der Waals surface area contributed by atoms with E-state index in [1.165, 1.54) is 116 Å². The zero-order valence-corrected chi connectivity index (χ0v) is 38.9. The minimum absolute atomic E-state index is 0.194. The van der Waals surface area contributed by atoms with Crippen LogP contribution >= 0.6 is 0 Å². The van der Waals surface area contributed by atoms with Crippen LogP contribution in [0.4, 0.5) is 5.69 Å². The second-order valence-electron chi connectivity index (χ2n) is 16.2. The Labute approximate surface area is 372 Å². The Balaban J connectivity index is 2.42. The lowest BCUT2D eigenvalue weighted by molar-refractivity contribution is -0.384. The molecule has 0 radical (unpaired) electrons. The van der Waals surface area contributed by atoms with Crippen LogP contribution < -0.4 is 0 Å². The zero-order chi connectivity index (χ0) is 45.5. The molecule has 0 aliphatic carbocycles. The molecule has 0 N–H and O–H groups in total. The second kappa shape index (κ2) is 37.9. The third kappa shape index (κ3) is 32.1. The monoisotopic (exact) mass is 898 g/mol. The number of non-ortho nitro benzene ring substituents is 1. The van der Waals surface area contributed by atoms with E-state index in [-0.39, 0.29) is 49.5 Å². The Kier molecular flexibility index (Phi) is 34.5. The normalized spacial score (nSPS) is 11.8. The average molecular weight is 898 g/mol. The molecule has 15 heteroatoms. The quantitative estimate of drug-likeness (QED) is 0.0150. The molecule has 0 fully saturated rings. The van der Waals surface area contributed by atoms with Crippen molar-refractivity contribution in [1.82, 2.24) is 0 Å². The third-order valence-corrected chi connectivity index (χ3v) is 11.9. The first-order valence-corrected chi connectivity index (χ1v) is 25.2. The molecule has 0 saturated carbocycles. The van der Waals surface area contributed by atoms with E-state index in [0.29, 0.717) is 12.8 Å². The maximum atomic E-state index is 12.7. The van der Waals surface area contributed by atoms with Gasteiger partial charge in [0, 0.05) is 25.0 Å². The summed E-state index contributed by atoms with van der Waals surface area (Å²) in [6, 6.07) is 4.11. The van der Waals surface area contributed by atoms with Crippen molar-refractivity contribution < 1.29 is 55.6 Å². The summed E-state index contributed by atoms with van der Waals surface area (Å²) >= 11 is 0. The van der Waals surface area contributed by atoms with Gasteiger partial charge < -0.3 is 18.9 Å². The number of carbonyl (C=O) groups is 4. The lowest BCUT2D eigenvalue weighted by Gasteiger charge is -2.18. The van der Waals surface area contributed by atoms with Gasteiger partial charge in [-0.1, -0.05) is 168 Å². The first kappa shape index (κ1) is 56.4. The molecule has 1 atom stereocenters. The predicted octanol–water partition coefficient (Wildman–Crippen LogP) is 11.6. The number of nitro groups is 1. The van der Waals surface area contributed by atoms with E-state index < -0.39 is 58.2 Å². The number of hydrogen-bond donors (Lipinski definition) is 0. The standard InChI is InChI=1S/C47H79NO13S/c1-3-5-7-9-11-13-15-17-19-21-23-25-27-29-44(49)58-39-42(61-47(52)30-28-26-24-22-20-18-16-14-12-10-8-6-4-2)40-59-46(51)36-35-45(50)57-37-38-60-62(55,56)43-33-31-41(32-34-43)48(53)54/h31-34,42H,3-30,35-40H2,1-2H3. The van der Waals surface area contributed by atoms with Crippen LogP contribution in [0.5, 0.6) is 0 Å². The molecule has 0 aromatic heterocycles. The number of esters is 4. The Morgan fingerprint density at radius 2 is 0.855 bits per heavy atom. The number of hydrogen-bond acceptors (Lipinski definition) is 13. The van der Waals surface area contributed by atoms with Gasteiger partial charge in [-0.15, -0.1) is 0 Å². The number of ether oxygens (including phenoxy) is 4. The van der Waals surface area contributed by atoms with E-state index in [4.69, 9.17) is 23.1 Å². The van der Waals surface area contributed by atoms with E-state index in [9.17, 15) is 37.7 Å². The zero-order valence-electron chi connectivity index (χ0n) is 38.1. The van der Waals surface area contributed by atoms with Gasteiger partial charge in [0.15, 0.2) is 6.10 Å². The Hall–Kier alpha value is -3.59. The molecule has 0 bridgehead atoms. The van der Waals surface area contributed by atoms with Crippen LogP contribution in [-0.4, -0.2) is 69.7 Å². The Morgan fingerprint density at radius 3 is 1.26 bits per heavy atom. The highest BCUT2D eigenvalue weighted by atomic mass is 32.2.